The molecule has 3 rings (SSSR count). The third-order valence-corrected chi connectivity index (χ3v) is 3.85. The molecule has 3 aromatic rings. The van der Waals surface area contributed by atoms with Crippen molar-refractivity contribution in [2.75, 3.05) is 0 Å². The summed E-state index contributed by atoms with van der Waals surface area (Å²) in [7, 11) is 0. The Kier molecular flexibility index (Phi) is 5.28. The fourth-order valence-electron chi connectivity index (χ4n) is 2.37. The first-order valence-electron chi connectivity index (χ1n) is 7.25. The summed E-state index contributed by atoms with van der Waals surface area (Å²) in [5.74, 6) is 0.963. The number of pyridine rings is 1. The molecule has 0 spiro atoms. The zero-order valence-corrected chi connectivity index (χ0v) is 13.9. The summed E-state index contributed by atoms with van der Waals surface area (Å²) in [5.41, 5.74) is 2.20. The van der Waals surface area contributed by atoms with E-state index in [0.717, 1.165) is 23.5 Å². The summed E-state index contributed by atoms with van der Waals surface area (Å²) in [4.78, 5) is 8.51. The summed E-state index contributed by atoms with van der Waals surface area (Å²) < 4.78 is 2.08. The van der Waals surface area contributed by atoms with E-state index in [9.17, 15) is 0 Å². The molecular weight excluding hydrogens is 331 g/mol. The molecule has 0 saturated carbocycles. The number of halogens is 2. The van der Waals surface area contributed by atoms with Gasteiger partial charge >= 0.3 is 0 Å². The van der Waals surface area contributed by atoms with Crippen molar-refractivity contribution in [1.82, 2.24) is 19.9 Å². The van der Waals surface area contributed by atoms with Crippen LogP contribution in [0.4, 0.5) is 0 Å². The Hall–Kier alpha value is -1.88. The van der Waals surface area contributed by atoms with Gasteiger partial charge in [-0.1, -0.05) is 29.3 Å². The maximum absolute atomic E-state index is 6.05. The number of hydrogen-bond donors (Lipinski definition) is 1. The zero-order valence-electron chi connectivity index (χ0n) is 12.4. The van der Waals surface area contributed by atoms with Crippen molar-refractivity contribution in [1.29, 1.82) is 0 Å². The second-order valence-corrected chi connectivity index (χ2v) is 6.09. The van der Waals surface area contributed by atoms with Gasteiger partial charge in [-0.05, 0) is 35.4 Å². The fraction of sp³-hybridized carbons (Fsp3) is 0.176. The number of nitrogens with zero attached hydrogens (tertiary/aromatic N) is 3. The van der Waals surface area contributed by atoms with Crippen LogP contribution in [0.2, 0.25) is 10.0 Å². The number of rotatable bonds is 6. The molecule has 1 aromatic carbocycles. The predicted molar refractivity (Wildman–Crippen MR) is 92.6 cm³/mol. The SMILES string of the molecule is Clc1cc(Cl)cc(Cn2ccnc2CNCc2cccnc2)c1. The van der Waals surface area contributed by atoms with E-state index in [-0.39, 0.29) is 0 Å². The van der Waals surface area contributed by atoms with Crippen LogP contribution >= 0.6 is 23.2 Å². The van der Waals surface area contributed by atoms with Gasteiger partial charge in [-0.25, -0.2) is 4.98 Å². The highest BCUT2D eigenvalue weighted by molar-refractivity contribution is 6.34. The van der Waals surface area contributed by atoms with Gasteiger partial charge in [0.1, 0.15) is 5.82 Å². The molecule has 2 aromatic heterocycles. The van der Waals surface area contributed by atoms with Crippen LogP contribution < -0.4 is 5.32 Å². The molecule has 0 amide bonds. The average molecular weight is 347 g/mol. The van der Waals surface area contributed by atoms with E-state index >= 15 is 0 Å². The van der Waals surface area contributed by atoms with Gasteiger partial charge in [-0.3, -0.25) is 4.98 Å². The second-order valence-electron chi connectivity index (χ2n) is 5.21. The number of nitrogens with one attached hydrogen (secondary N) is 1. The predicted octanol–water partition coefficient (Wildman–Crippen LogP) is 3.92. The lowest BCUT2D eigenvalue weighted by Gasteiger charge is -2.10. The number of benzene rings is 1. The van der Waals surface area contributed by atoms with Crippen molar-refractivity contribution in [2.24, 2.45) is 0 Å². The molecule has 118 valence electrons. The molecule has 1 N–H and O–H groups in total. The highest BCUT2D eigenvalue weighted by Gasteiger charge is 2.05. The first-order valence-corrected chi connectivity index (χ1v) is 8.01. The summed E-state index contributed by atoms with van der Waals surface area (Å²) >= 11 is 12.1. The zero-order chi connectivity index (χ0) is 16.1. The van der Waals surface area contributed by atoms with Gasteiger partial charge in [0, 0.05) is 47.9 Å². The van der Waals surface area contributed by atoms with Crippen LogP contribution in [0.25, 0.3) is 0 Å². The van der Waals surface area contributed by atoms with E-state index in [4.69, 9.17) is 23.2 Å². The topological polar surface area (TPSA) is 42.7 Å². The van der Waals surface area contributed by atoms with Crippen molar-refractivity contribution in [3.8, 4) is 0 Å². The van der Waals surface area contributed by atoms with Gasteiger partial charge in [0.2, 0.25) is 0 Å². The summed E-state index contributed by atoms with van der Waals surface area (Å²) in [6.07, 6.45) is 7.38. The third kappa shape index (κ3) is 4.55. The largest absolute Gasteiger partial charge is 0.329 e. The third-order valence-electron chi connectivity index (χ3n) is 3.41. The van der Waals surface area contributed by atoms with Crippen LogP contribution in [0.5, 0.6) is 0 Å². The van der Waals surface area contributed by atoms with Crippen molar-refractivity contribution in [3.63, 3.8) is 0 Å². The van der Waals surface area contributed by atoms with Gasteiger partial charge in [-0.15, -0.1) is 0 Å². The second kappa shape index (κ2) is 7.59. The van der Waals surface area contributed by atoms with Crippen molar-refractivity contribution >= 4 is 23.2 Å². The standard InChI is InChI=1S/C17H16Cl2N4/c18-15-6-14(7-16(19)8-15)12-23-5-4-22-17(23)11-21-10-13-2-1-3-20-9-13/h1-9,21H,10-12H2. The first kappa shape index (κ1) is 16.0. The van der Waals surface area contributed by atoms with E-state index in [0.29, 0.717) is 23.1 Å². The molecule has 0 fully saturated rings. The average Bonchev–Trinajstić information content (AvgIpc) is 2.94. The molecule has 0 atom stereocenters. The Morgan fingerprint density at radius 3 is 2.57 bits per heavy atom. The summed E-state index contributed by atoms with van der Waals surface area (Å²) in [5, 5.41) is 4.66. The summed E-state index contributed by atoms with van der Waals surface area (Å²) in [6.45, 7) is 2.12. The van der Waals surface area contributed by atoms with Crippen LogP contribution in [0.3, 0.4) is 0 Å². The lowest BCUT2D eigenvalue weighted by molar-refractivity contribution is 0.621. The Morgan fingerprint density at radius 2 is 1.83 bits per heavy atom. The van der Waals surface area contributed by atoms with E-state index in [1.165, 1.54) is 0 Å². The minimum atomic E-state index is 0.642. The molecular formula is C17H16Cl2N4. The number of hydrogen-bond acceptors (Lipinski definition) is 3. The highest BCUT2D eigenvalue weighted by atomic mass is 35.5. The lowest BCUT2D eigenvalue weighted by atomic mass is 10.2. The van der Waals surface area contributed by atoms with Crippen LogP contribution in [0.1, 0.15) is 17.0 Å². The van der Waals surface area contributed by atoms with Gasteiger partial charge in [0.05, 0.1) is 6.54 Å². The van der Waals surface area contributed by atoms with Crippen molar-refractivity contribution < 1.29 is 0 Å². The lowest BCUT2D eigenvalue weighted by Crippen LogP contribution is -2.17. The molecule has 0 unspecified atom stereocenters. The smallest absolute Gasteiger partial charge is 0.122 e. The minimum Gasteiger partial charge on any atom is -0.329 e. The first-order chi connectivity index (χ1) is 11.2. The quantitative estimate of drug-likeness (QED) is 0.735. The Labute approximate surface area is 145 Å². The molecule has 0 aliphatic heterocycles. The molecule has 23 heavy (non-hydrogen) atoms. The molecule has 0 radical (unpaired) electrons. The van der Waals surface area contributed by atoms with Gasteiger partial charge < -0.3 is 9.88 Å². The molecule has 0 bridgehead atoms. The molecule has 4 nitrogen and oxygen atoms in total. The minimum absolute atomic E-state index is 0.642. The van der Waals surface area contributed by atoms with Gasteiger partial charge in [0.25, 0.3) is 0 Å². The van der Waals surface area contributed by atoms with Crippen LogP contribution in [0, 0.1) is 0 Å². The van der Waals surface area contributed by atoms with E-state index in [1.807, 2.05) is 36.7 Å². The molecule has 0 aliphatic carbocycles. The number of imidazole rings is 1. The Bertz CT molecular complexity index is 751. The maximum Gasteiger partial charge on any atom is 0.122 e. The Balaban J connectivity index is 1.63. The normalized spacial score (nSPS) is 10.9. The maximum atomic E-state index is 6.05. The van der Waals surface area contributed by atoms with Gasteiger partial charge in [0.15, 0.2) is 0 Å². The van der Waals surface area contributed by atoms with Crippen LogP contribution in [-0.2, 0) is 19.6 Å². The monoisotopic (exact) mass is 346 g/mol. The van der Waals surface area contributed by atoms with Crippen molar-refractivity contribution in [3.05, 3.63) is 82.1 Å². The molecule has 2 heterocycles. The molecule has 0 saturated heterocycles. The Morgan fingerprint density at radius 1 is 1.00 bits per heavy atom. The van der Waals surface area contributed by atoms with Crippen LogP contribution in [0.15, 0.2) is 55.1 Å². The highest BCUT2D eigenvalue weighted by Crippen LogP contribution is 2.20. The molecule has 6 heteroatoms. The van der Waals surface area contributed by atoms with E-state index < -0.39 is 0 Å². The van der Waals surface area contributed by atoms with Gasteiger partial charge in [-0.2, -0.15) is 0 Å². The van der Waals surface area contributed by atoms with Crippen LogP contribution in [-0.4, -0.2) is 14.5 Å². The van der Waals surface area contributed by atoms with E-state index in [1.54, 1.807) is 18.5 Å². The number of aromatic nitrogens is 3. The van der Waals surface area contributed by atoms with E-state index in [2.05, 4.69) is 19.9 Å². The van der Waals surface area contributed by atoms with Crippen molar-refractivity contribution in [2.45, 2.75) is 19.6 Å². The summed E-state index contributed by atoms with van der Waals surface area (Å²) in [6, 6.07) is 9.54. The molecule has 0 aliphatic rings. The fourth-order valence-corrected chi connectivity index (χ4v) is 2.94.